The predicted molar refractivity (Wildman–Crippen MR) is 77.3 cm³/mol. The first-order valence-corrected chi connectivity index (χ1v) is 6.51. The molecular formula is C13H19N3O5. The molecule has 2 atom stereocenters. The van der Waals surface area contributed by atoms with Crippen molar-refractivity contribution in [2.45, 2.75) is 12.1 Å². The number of methoxy groups -OCH3 is 3. The molecule has 1 aromatic rings. The number of anilines is 1. The summed E-state index contributed by atoms with van der Waals surface area (Å²) in [5.41, 5.74) is 0.322. The summed E-state index contributed by atoms with van der Waals surface area (Å²) in [5, 5.41) is 17.6. The van der Waals surface area contributed by atoms with E-state index >= 15 is 0 Å². The first kappa shape index (κ1) is 15.3. The Labute approximate surface area is 122 Å². The summed E-state index contributed by atoms with van der Waals surface area (Å²) in [6.07, 6.45) is -0.0438. The molecule has 1 saturated heterocycles. The zero-order chi connectivity index (χ0) is 15.4. The molecule has 8 heteroatoms. The SMILES string of the molecule is COc1cc(NC2CNC[C@@H]2OC)c([N+](=O)[O-])cc1OC. The number of nitro groups is 1. The van der Waals surface area contributed by atoms with Gasteiger partial charge in [-0.15, -0.1) is 0 Å². The number of hydrogen-bond acceptors (Lipinski definition) is 7. The second-order valence-corrected chi connectivity index (χ2v) is 4.66. The standard InChI is InChI=1S/C13H19N3O5/c1-19-11-4-8(10(16(17)18)5-12(11)20-2)15-9-6-14-7-13(9)21-3/h4-5,9,13-15H,6-7H2,1-3H3/t9?,13-/m0/s1. The molecule has 0 spiro atoms. The summed E-state index contributed by atoms with van der Waals surface area (Å²) in [6.45, 7) is 1.37. The average molecular weight is 297 g/mol. The Hall–Kier alpha value is -2.06. The molecule has 1 fully saturated rings. The number of ether oxygens (including phenoxy) is 3. The van der Waals surface area contributed by atoms with E-state index < -0.39 is 4.92 Å². The Morgan fingerprint density at radius 2 is 1.90 bits per heavy atom. The molecule has 0 aliphatic carbocycles. The number of benzene rings is 1. The van der Waals surface area contributed by atoms with Gasteiger partial charge in [-0.05, 0) is 0 Å². The summed E-state index contributed by atoms with van der Waals surface area (Å²) in [5.74, 6) is 0.758. The molecule has 1 unspecified atom stereocenters. The number of nitrogens with one attached hydrogen (secondary N) is 2. The van der Waals surface area contributed by atoms with E-state index in [-0.39, 0.29) is 17.8 Å². The molecule has 2 N–H and O–H groups in total. The van der Waals surface area contributed by atoms with Crippen molar-refractivity contribution in [3.05, 3.63) is 22.2 Å². The van der Waals surface area contributed by atoms with Crippen LogP contribution in [0.25, 0.3) is 0 Å². The van der Waals surface area contributed by atoms with Crippen LogP contribution in [0.4, 0.5) is 11.4 Å². The van der Waals surface area contributed by atoms with E-state index in [1.54, 1.807) is 13.2 Å². The van der Waals surface area contributed by atoms with Gasteiger partial charge >= 0.3 is 0 Å². The lowest BCUT2D eigenvalue weighted by Gasteiger charge is -2.20. The van der Waals surface area contributed by atoms with Gasteiger partial charge in [0.15, 0.2) is 11.5 Å². The highest BCUT2D eigenvalue weighted by atomic mass is 16.6. The molecule has 0 aromatic heterocycles. The zero-order valence-corrected chi connectivity index (χ0v) is 12.2. The van der Waals surface area contributed by atoms with Crippen LogP contribution in [0.5, 0.6) is 11.5 Å². The topological polar surface area (TPSA) is 94.9 Å². The van der Waals surface area contributed by atoms with Gasteiger partial charge < -0.3 is 24.8 Å². The second kappa shape index (κ2) is 6.59. The van der Waals surface area contributed by atoms with Crippen LogP contribution in [-0.2, 0) is 4.74 Å². The van der Waals surface area contributed by atoms with Gasteiger partial charge in [-0.25, -0.2) is 0 Å². The lowest BCUT2D eigenvalue weighted by atomic mass is 10.1. The summed E-state index contributed by atoms with van der Waals surface area (Å²) in [7, 11) is 4.55. The molecule has 8 nitrogen and oxygen atoms in total. The molecule has 0 bridgehead atoms. The molecule has 1 aliphatic heterocycles. The zero-order valence-electron chi connectivity index (χ0n) is 12.2. The maximum Gasteiger partial charge on any atom is 0.296 e. The minimum Gasteiger partial charge on any atom is -0.493 e. The Balaban J connectivity index is 2.34. The molecule has 116 valence electrons. The van der Waals surface area contributed by atoms with Crippen LogP contribution in [0.3, 0.4) is 0 Å². The van der Waals surface area contributed by atoms with Crippen LogP contribution in [0.1, 0.15) is 0 Å². The monoisotopic (exact) mass is 297 g/mol. The molecule has 21 heavy (non-hydrogen) atoms. The van der Waals surface area contributed by atoms with E-state index in [1.165, 1.54) is 20.3 Å². The summed E-state index contributed by atoms with van der Waals surface area (Å²) in [6, 6.07) is 2.87. The van der Waals surface area contributed by atoms with E-state index in [0.29, 0.717) is 30.3 Å². The second-order valence-electron chi connectivity index (χ2n) is 4.66. The van der Waals surface area contributed by atoms with Crippen LogP contribution in [0.2, 0.25) is 0 Å². The Bertz CT molecular complexity index is 523. The maximum absolute atomic E-state index is 11.2. The summed E-state index contributed by atoms with van der Waals surface area (Å²) < 4.78 is 15.6. The van der Waals surface area contributed by atoms with Gasteiger partial charge in [0.1, 0.15) is 5.69 Å². The van der Waals surface area contributed by atoms with Gasteiger partial charge in [0.05, 0.1) is 37.4 Å². The Kier molecular flexibility index (Phi) is 4.81. The third-order valence-electron chi connectivity index (χ3n) is 3.50. The van der Waals surface area contributed by atoms with Gasteiger partial charge in [-0.1, -0.05) is 0 Å². The van der Waals surface area contributed by atoms with Gasteiger partial charge in [0.2, 0.25) is 0 Å². The number of nitrogens with zero attached hydrogens (tertiary/aromatic N) is 1. The van der Waals surface area contributed by atoms with Crippen LogP contribution in [0, 0.1) is 10.1 Å². The molecular weight excluding hydrogens is 278 g/mol. The fraction of sp³-hybridized carbons (Fsp3) is 0.538. The highest BCUT2D eigenvalue weighted by Gasteiger charge is 2.29. The van der Waals surface area contributed by atoms with Crippen molar-refractivity contribution < 1.29 is 19.1 Å². The van der Waals surface area contributed by atoms with Crippen molar-refractivity contribution in [1.29, 1.82) is 0 Å². The van der Waals surface area contributed by atoms with Crippen LogP contribution in [0.15, 0.2) is 12.1 Å². The van der Waals surface area contributed by atoms with Crippen molar-refractivity contribution in [2.75, 3.05) is 39.7 Å². The van der Waals surface area contributed by atoms with Crippen LogP contribution >= 0.6 is 0 Å². The minimum absolute atomic E-state index is 0.0438. The molecule has 0 amide bonds. The van der Waals surface area contributed by atoms with E-state index in [9.17, 15) is 10.1 Å². The molecule has 1 aliphatic rings. The molecule has 1 heterocycles. The van der Waals surface area contributed by atoms with Crippen LogP contribution in [-0.4, -0.2) is 51.5 Å². The fourth-order valence-corrected chi connectivity index (χ4v) is 2.38. The molecule has 2 rings (SSSR count). The highest BCUT2D eigenvalue weighted by Crippen LogP contribution is 2.38. The number of hydrogen-bond donors (Lipinski definition) is 2. The summed E-state index contributed by atoms with van der Waals surface area (Å²) >= 11 is 0. The first-order valence-electron chi connectivity index (χ1n) is 6.51. The predicted octanol–water partition coefficient (Wildman–Crippen LogP) is 1.01. The van der Waals surface area contributed by atoms with E-state index in [1.807, 2.05) is 0 Å². The largest absolute Gasteiger partial charge is 0.493 e. The third kappa shape index (κ3) is 3.17. The average Bonchev–Trinajstić information content (AvgIpc) is 2.93. The van der Waals surface area contributed by atoms with E-state index in [0.717, 1.165) is 0 Å². The van der Waals surface area contributed by atoms with Crippen molar-refractivity contribution in [1.82, 2.24) is 5.32 Å². The molecule has 0 radical (unpaired) electrons. The van der Waals surface area contributed by atoms with E-state index in [4.69, 9.17) is 14.2 Å². The Morgan fingerprint density at radius 1 is 1.24 bits per heavy atom. The van der Waals surface area contributed by atoms with Gasteiger partial charge in [-0.2, -0.15) is 0 Å². The number of nitro benzene ring substituents is 1. The highest BCUT2D eigenvalue weighted by molar-refractivity contribution is 5.69. The third-order valence-corrected chi connectivity index (χ3v) is 3.50. The van der Waals surface area contributed by atoms with Crippen molar-refractivity contribution in [2.24, 2.45) is 0 Å². The Morgan fingerprint density at radius 3 is 2.48 bits per heavy atom. The maximum atomic E-state index is 11.2. The normalized spacial score (nSPS) is 21.1. The van der Waals surface area contributed by atoms with Crippen molar-refractivity contribution in [3.8, 4) is 11.5 Å². The quantitative estimate of drug-likeness (QED) is 0.597. The van der Waals surface area contributed by atoms with Gasteiger partial charge in [0.25, 0.3) is 5.69 Å². The summed E-state index contributed by atoms with van der Waals surface area (Å²) in [4.78, 5) is 10.8. The van der Waals surface area contributed by atoms with Gasteiger partial charge in [0, 0.05) is 26.3 Å². The smallest absolute Gasteiger partial charge is 0.296 e. The van der Waals surface area contributed by atoms with Gasteiger partial charge in [-0.3, -0.25) is 10.1 Å². The van der Waals surface area contributed by atoms with E-state index in [2.05, 4.69) is 10.6 Å². The number of rotatable bonds is 6. The van der Waals surface area contributed by atoms with Crippen LogP contribution < -0.4 is 20.1 Å². The van der Waals surface area contributed by atoms with Crippen molar-refractivity contribution >= 4 is 11.4 Å². The lowest BCUT2D eigenvalue weighted by molar-refractivity contribution is -0.384. The first-order chi connectivity index (χ1) is 10.1. The lowest BCUT2D eigenvalue weighted by Crippen LogP contribution is -2.33. The fourth-order valence-electron chi connectivity index (χ4n) is 2.38. The molecule has 0 saturated carbocycles. The minimum atomic E-state index is -0.450. The van der Waals surface area contributed by atoms with Crippen molar-refractivity contribution in [3.63, 3.8) is 0 Å². The molecule has 1 aromatic carbocycles.